The van der Waals surface area contributed by atoms with E-state index in [1.807, 2.05) is 85.7 Å². The van der Waals surface area contributed by atoms with Crippen LogP contribution in [0.3, 0.4) is 0 Å². The number of rotatable bonds is 21. The van der Waals surface area contributed by atoms with Crippen LogP contribution in [0.25, 0.3) is 11.1 Å². The Morgan fingerprint density at radius 3 is 1.72 bits per heavy atom. The number of nitrogens with one attached hydrogen (secondary N) is 1. The molecule has 1 amide bonds. The molecule has 0 radical (unpaired) electrons. The molecule has 0 aliphatic heterocycles. The number of hydrogen-bond acceptors (Lipinski definition) is 11. The fourth-order valence-electron chi connectivity index (χ4n) is 4.04. The molecule has 0 fully saturated rings. The Bertz CT molecular complexity index is 1190. The van der Waals surface area contributed by atoms with Crippen molar-refractivity contribution in [2.24, 2.45) is 0 Å². The van der Waals surface area contributed by atoms with Crippen LogP contribution in [0.2, 0.25) is 0 Å². The zero-order valence-electron chi connectivity index (χ0n) is 29.3. The lowest BCUT2D eigenvalue weighted by molar-refractivity contribution is -0.160. The van der Waals surface area contributed by atoms with E-state index >= 15 is 0 Å². The molecule has 12 heteroatoms. The third kappa shape index (κ3) is 18.0. The number of carbonyl (C=O) groups is 2. The minimum Gasteiger partial charge on any atom is -0.491 e. The van der Waals surface area contributed by atoms with Crippen LogP contribution in [0, 0.1) is 0 Å². The molecular weight excluding hydrogens is 608 g/mol. The number of hydrogen-bond donors (Lipinski definition) is 1. The average molecular weight is 663 g/mol. The van der Waals surface area contributed by atoms with Crippen molar-refractivity contribution in [3.63, 3.8) is 0 Å². The topological polar surface area (TPSA) is 133 Å². The quantitative estimate of drug-likeness (QED) is 0.138. The van der Waals surface area contributed by atoms with Gasteiger partial charge >= 0.3 is 12.1 Å². The lowest BCUT2D eigenvalue weighted by Crippen LogP contribution is -2.43. The molecule has 1 heterocycles. The number of aromatic nitrogens is 1. The standard InChI is InChI=1S/C35H54N2O10/c1-33(2,3)46-31(38)26-44-21-20-42-17-16-40-14-15-41-18-19-43-22-23-45-30-24-28(11-12-29(30)27-10-9-13-36-25-27)35(7,8)37-32(39)47-34(4,5)6/h9-13,24-25H,14-23,26H2,1-8H3,(H,37,39). The van der Waals surface area contributed by atoms with Crippen LogP contribution in [0.1, 0.15) is 61.0 Å². The van der Waals surface area contributed by atoms with Crippen molar-refractivity contribution in [3.8, 4) is 16.9 Å². The van der Waals surface area contributed by atoms with Gasteiger partial charge in [0, 0.05) is 23.5 Å². The van der Waals surface area contributed by atoms with E-state index in [4.69, 9.17) is 37.9 Å². The molecule has 2 rings (SSSR count). The van der Waals surface area contributed by atoms with Gasteiger partial charge in [0.2, 0.25) is 0 Å². The normalized spacial score (nSPS) is 12.1. The molecule has 0 aliphatic rings. The maximum atomic E-state index is 12.5. The van der Waals surface area contributed by atoms with Crippen molar-refractivity contribution >= 4 is 12.1 Å². The van der Waals surface area contributed by atoms with Crippen molar-refractivity contribution in [3.05, 3.63) is 48.3 Å². The van der Waals surface area contributed by atoms with Gasteiger partial charge in [-0.3, -0.25) is 4.98 Å². The van der Waals surface area contributed by atoms with Crippen molar-refractivity contribution in [1.82, 2.24) is 10.3 Å². The van der Waals surface area contributed by atoms with Gasteiger partial charge in [0.05, 0.1) is 65.0 Å². The Balaban J connectivity index is 1.63. The van der Waals surface area contributed by atoms with Gasteiger partial charge in [-0.2, -0.15) is 0 Å². The van der Waals surface area contributed by atoms with Crippen LogP contribution in [-0.2, 0) is 43.5 Å². The van der Waals surface area contributed by atoms with Crippen LogP contribution in [0.15, 0.2) is 42.7 Å². The Morgan fingerprint density at radius 2 is 1.21 bits per heavy atom. The smallest absolute Gasteiger partial charge is 0.408 e. The molecule has 0 aliphatic carbocycles. The van der Waals surface area contributed by atoms with Crippen molar-refractivity contribution in [2.45, 2.75) is 72.1 Å². The number of alkyl carbamates (subject to hydrolysis) is 1. The highest BCUT2D eigenvalue weighted by Gasteiger charge is 2.27. The molecule has 0 bridgehead atoms. The van der Waals surface area contributed by atoms with Crippen molar-refractivity contribution in [2.75, 3.05) is 72.7 Å². The Morgan fingerprint density at radius 1 is 0.681 bits per heavy atom. The monoisotopic (exact) mass is 662 g/mol. The van der Waals surface area contributed by atoms with E-state index < -0.39 is 28.8 Å². The summed E-state index contributed by atoms with van der Waals surface area (Å²) >= 11 is 0. The van der Waals surface area contributed by atoms with E-state index in [0.29, 0.717) is 71.8 Å². The summed E-state index contributed by atoms with van der Waals surface area (Å²) in [6.45, 7) is 18.6. The zero-order valence-corrected chi connectivity index (χ0v) is 29.3. The van der Waals surface area contributed by atoms with Gasteiger partial charge in [-0.05, 0) is 73.1 Å². The van der Waals surface area contributed by atoms with E-state index in [0.717, 1.165) is 16.7 Å². The van der Waals surface area contributed by atoms with Gasteiger partial charge in [-0.1, -0.05) is 18.2 Å². The third-order valence-corrected chi connectivity index (χ3v) is 6.10. The first kappa shape index (κ1) is 39.9. The van der Waals surface area contributed by atoms with Gasteiger partial charge in [-0.15, -0.1) is 0 Å². The van der Waals surface area contributed by atoms with E-state index in [9.17, 15) is 9.59 Å². The second kappa shape index (κ2) is 20.2. The van der Waals surface area contributed by atoms with Crippen LogP contribution in [0.5, 0.6) is 5.75 Å². The number of benzene rings is 1. The first-order valence-corrected chi connectivity index (χ1v) is 16.0. The van der Waals surface area contributed by atoms with E-state index in [-0.39, 0.29) is 6.61 Å². The first-order chi connectivity index (χ1) is 22.2. The fraction of sp³-hybridized carbons (Fsp3) is 0.629. The first-order valence-electron chi connectivity index (χ1n) is 16.0. The summed E-state index contributed by atoms with van der Waals surface area (Å²) < 4.78 is 44.2. The zero-order chi connectivity index (χ0) is 34.8. The van der Waals surface area contributed by atoms with Gasteiger partial charge in [0.15, 0.2) is 0 Å². The highest BCUT2D eigenvalue weighted by molar-refractivity contribution is 5.72. The Labute approximate surface area is 279 Å². The van der Waals surface area contributed by atoms with Gasteiger partial charge in [-0.25, -0.2) is 9.59 Å². The van der Waals surface area contributed by atoms with Crippen LogP contribution < -0.4 is 10.1 Å². The van der Waals surface area contributed by atoms with Gasteiger partial charge in [0.1, 0.15) is 30.2 Å². The Hall–Kier alpha value is -3.29. The summed E-state index contributed by atoms with van der Waals surface area (Å²) in [5.74, 6) is 0.261. The highest BCUT2D eigenvalue weighted by Crippen LogP contribution is 2.34. The lowest BCUT2D eigenvalue weighted by Gasteiger charge is -2.29. The average Bonchev–Trinajstić information content (AvgIpc) is 2.97. The second-order valence-corrected chi connectivity index (χ2v) is 13.1. The summed E-state index contributed by atoms with van der Waals surface area (Å²) in [6.07, 6.45) is 3.01. The molecule has 0 unspecified atom stereocenters. The summed E-state index contributed by atoms with van der Waals surface area (Å²) in [4.78, 5) is 28.3. The van der Waals surface area contributed by atoms with E-state index in [2.05, 4.69) is 10.3 Å². The predicted molar refractivity (Wildman–Crippen MR) is 178 cm³/mol. The maximum absolute atomic E-state index is 12.5. The largest absolute Gasteiger partial charge is 0.491 e. The fourth-order valence-corrected chi connectivity index (χ4v) is 4.04. The highest BCUT2D eigenvalue weighted by atomic mass is 16.6. The number of amides is 1. The summed E-state index contributed by atoms with van der Waals surface area (Å²) in [5.41, 5.74) is 0.826. The van der Waals surface area contributed by atoms with E-state index in [1.54, 1.807) is 12.4 Å². The number of nitrogens with zero attached hydrogens (tertiary/aromatic N) is 1. The molecule has 0 atom stereocenters. The molecule has 1 aromatic carbocycles. The molecule has 264 valence electrons. The lowest BCUT2D eigenvalue weighted by atomic mass is 9.92. The maximum Gasteiger partial charge on any atom is 0.408 e. The van der Waals surface area contributed by atoms with Crippen LogP contribution in [0.4, 0.5) is 4.79 Å². The summed E-state index contributed by atoms with van der Waals surface area (Å²) in [5, 5.41) is 2.95. The molecule has 1 aromatic heterocycles. The number of ether oxygens (including phenoxy) is 8. The molecule has 0 saturated carbocycles. The molecule has 47 heavy (non-hydrogen) atoms. The number of pyridine rings is 1. The Kier molecular flexibility index (Phi) is 17.1. The van der Waals surface area contributed by atoms with E-state index in [1.165, 1.54) is 0 Å². The summed E-state index contributed by atoms with van der Waals surface area (Å²) in [7, 11) is 0. The third-order valence-electron chi connectivity index (χ3n) is 6.10. The molecule has 12 nitrogen and oxygen atoms in total. The molecule has 2 aromatic rings. The van der Waals surface area contributed by atoms with Gasteiger partial charge < -0.3 is 43.2 Å². The minimum atomic E-state index is -0.710. The van der Waals surface area contributed by atoms with Crippen LogP contribution in [-0.4, -0.2) is 101 Å². The van der Waals surface area contributed by atoms with Gasteiger partial charge in [0.25, 0.3) is 0 Å². The predicted octanol–water partition coefficient (Wildman–Crippen LogP) is 5.31. The number of carbonyl (C=O) groups excluding carboxylic acids is 2. The molecule has 0 saturated heterocycles. The molecule has 1 N–H and O–H groups in total. The van der Waals surface area contributed by atoms with Crippen molar-refractivity contribution < 1.29 is 47.5 Å². The molecular formula is C35H54N2O10. The number of esters is 1. The summed E-state index contributed by atoms with van der Waals surface area (Å²) in [6, 6.07) is 9.69. The molecule has 0 spiro atoms. The van der Waals surface area contributed by atoms with Crippen molar-refractivity contribution in [1.29, 1.82) is 0 Å². The minimum absolute atomic E-state index is 0.0959. The van der Waals surface area contributed by atoms with Crippen LogP contribution >= 0.6 is 0 Å². The second-order valence-electron chi connectivity index (χ2n) is 13.1. The SMILES string of the molecule is CC(C)(C)OC(=O)COCCOCCOCCOCCOCCOc1cc(C(C)(C)NC(=O)OC(C)(C)C)ccc1-c1cccnc1.